The number of rotatable bonds is 6. The molecule has 0 aromatic heterocycles. The van der Waals surface area contributed by atoms with Crippen molar-refractivity contribution in [3.8, 4) is 0 Å². The molecule has 2 saturated carbocycles. The maximum absolute atomic E-state index is 12.3. The van der Waals surface area contributed by atoms with Crippen LogP contribution in [0, 0.1) is 17.8 Å². The van der Waals surface area contributed by atoms with Gasteiger partial charge in [0.25, 0.3) is 0 Å². The lowest BCUT2D eigenvalue weighted by Crippen LogP contribution is -2.44. The molecule has 2 fully saturated rings. The minimum absolute atomic E-state index is 0.0248. The summed E-state index contributed by atoms with van der Waals surface area (Å²) in [6, 6.07) is 0. The highest BCUT2D eigenvalue weighted by Gasteiger charge is 2.46. The minimum atomic E-state index is -0.956. The molecule has 0 saturated heterocycles. The van der Waals surface area contributed by atoms with E-state index in [-0.39, 0.29) is 11.7 Å². The van der Waals surface area contributed by atoms with Gasteiger partial charge < -0.3 is 15.3 Å². The van der Waals surface area contributed by atoms with Crippen molar-refractivity contribution in [2.45, 2.75) is 90.4 Å². The molecule has 6 unspecified atom stereocenters. The summed E-state index contributed by atoms with van der Waals surface area (Å²) in [4.78, 5) is 12.3. The molecule has 0 spiro atoms. The van der Waals surface area contributed by atoms with Crippen molar-refractivity contribution in [2.75, 3.05) is 0 Å². The van der Waals surface area contributed by atoms with Gasteiger partial charge in [0.05, 0.1) is 11.7 Å². The maximum Gasteiger partial charge on any atom is 0.166 e. The van der Waals surface area contributed by atoms with Gasteiger partial charge in [0, 0.05) is 5.92 Å². The Bertz CT molecular complexity index is 556. The average Bonchev–Trinajstić information content (AvgIpc) is 2.80. The number of Topliss-reactive ketones (excluding diaryl/α,β-unsaturated/α-hetero) is 1. The summed E-state index contributed by atoms with van der Waals surface area (Å²) in [6.45, 7) is 8.21. The van der Waals surface area contributed by atoms with Crippen LogP contribution in [0.2, 0.25) is 0 Å². The topological polar surface area (TPSA) is 77.8 Å². The second-order valence-electron chi connectivity index (χ2n) is 8.99. The van der Waals surface area contributed by atoms with Crippen LogP contribution in [0.15, 0.2) is 23.3 Å². The number of carbonyl (C=O) groups excluding carboxylic acids is 1. The van der Waals surface area contributed by atoms with Crippen molar-refractivity contribution in [2.24, 2.45) is 17.8 Å². The minimum Gasteiger partial charge on any atom is -0.392 e. The van der Waals surface area contributed by atoms with Crippen molar-refractivity contribution >= 4 is 5.78 Å². The summed E-state index contributed by atoms with van der Waals surface area (Å²) in [5, 5.41) is 30.9. The molecule has 0 aliphatic heterocycles. The first kappa shape index (κ1) is 21.3. The second kappa shape index (κ2) is 8.81. The van der Waals surface area contributed by atoms with E-state index in [9.17, 15) is 20.1 Å². The summed E-state index contributed by atoms with van der Waals surface area (Å²) in [5.41, 5.74) is 1.84. The number of hydrogen-bond donors (Lipinski definition) is 3. The maximum atomic E-state index is 12.3. The molecule has 0 radical (unpaired) electrons. The Morgan fingerprint density at radius 3 is 2.58 bits per heavy atom. The third kappa shape index (κ3) is 5.51. The fraction of sp³-hybridized carbons (Fsp3) is 0.773. The first-order valence-electron chi connectivity index (χ1n) is 10.0. The fourth-order valence-electron chi connectivity index (χ4n) is 4.64. The van der Waals surface area contributed by atoms with Gasteiger partial charge in [-0.3, -0.25) is 4.79 Å². The number of carbonyl (C=O) groups is 1. The highest BCUT2D eigenvalue weighted by molar-refractivity contribution is 5.86. The Morgan fingerprint density at radius 2 is 1.92 bits per heavy atom. The normalized spacial score (nSPS) is 38.5. The number of ketones is 1. The molecular weight excluding hydrogens is 328 g/mol. The van der Waals surface area contributed by atoms with E-state index < -0.39 is 23.7 Å². The average molecular weight is 365 g/mol. The van der Waals surface area contributed by atoms with E-state index in [0.717, 1.165) is 19.3 Å². The van der Waals surface area contributed by atoms with Crippen LogP contribution in [0.3, 0.4) is 0 Å². The molecule has 6 atom stereocenters. The summed E-state index contributed by atoms with van der Waals surface area (Å²) >= 11 is 0. The van der Waals surface area contributed by atoms with Gasteiger partial charge in [-0.2, -0.15) is 0 Å². The van der Waals surface area contributed by atoms with Crippen LogP contribution < -0.4 is 0 Å². The first-order valence-corrected chi connectivity index (χ1v) is 10.0. The van der Waals surface area contributed by atoms with Gasteiger partial charge >= 0.3 is 0 Å². The first-order chi connectivity index (χ1) is 12.1. The molecule has 0 amide bonds. The number of allylic oxidation sites excluding steroid dienone is 4. The van der Waals surface area contributed by atoms with Crippen molar-refractivity contribution in [3.05, 3.63) is 23.3 Å². The Balaban J connectivity index is 1.98. The second-order valence-corrected chi connectivity index (χ2v) is 8.99. The van der Waals surface area contributed by atoms with E-state index >= 15 is 0 Å². The smallest absolute Gasteiger partial charge is 0.166 e. The quantitative estimate of drug-likeness (QED) is 0.630. The highest BCUT2D eigenvalue weighted by Crippen LogP contribution is 2.45. The molecule has 4 nitrogen and oxygen atoms in total. The van der Waals surface area contributed by atoms with E-state index in [4.69, 9.17) is 0 Å². The molecule has 3 N–H and O–H groups in total. The molecule has 0 aromatic carbocycles. The van der Waals surface area contributed by atoms with E-state index in [1.807, 2.05) is 6.92 Å². The van der Waals surface area contributed by atoms with E-state index in [1.165, 1.54) is 11.1 Å². The Labute approximate surface area is 158 Å². The zero-order valence-corrected chi connectivity index (χ0v) is 16.7. The Hall–Kier alpha value is -0.970. The van der Waals surface area contributed by atoms with E-state index in [2.05, 4.69) is 32.9 Å². The number of aliphatic hydroxyl groups excluding tert-OH is 2. The van der Waals surface area contributed by atoms with Gasteiger partial charge in [-0.15, -0.1) is 0 Å². The van der Waals surface area contributed by atoms with Crippen LogP contribution in [0.5, 0.6) is 0 Å². The van der Waals surface area contributed by atoms with Crippen molar-refractivity contribution in [1.29, 1.82) is 0 Å². The zero-order valence-electron chi connectivity index (χ0n) is 16.7. The largest absolute Gasteiger partial charge is 0.392 e. The van der Waals surface area contributed by atoms with Crippen LogP contribution in [0.1, 0.15) is 72.6 Å². The fourth-order valence-corrected chi connectivity index (χ4v) is 4.64. The molecule has 2 aliphatic rings. The number of hydrogen-bond acceptors (Lipinski definition) is 4. The third-order valence-corrected chi connectivity index (χ3v) is 6.19. The summed E-state index contributed by atoms with van der Waals surface area (Å²) in [7, 11) is 0. The molecule has 0 heterocycles. The molecule has 4 heteroatoms. The summed E-state index contributed by atoms with van der Waals surface area (Å²) < 4.78 is 0. The van der Waals surface area contributed by atoms with E-state index in [1.54, 1.807) is 0 Å². The summed E-state index contributed by atoms with van der Waals surface area (Å²) in [6.07, 6.45) is 7.73. The van der Waals surface area contributed by atoms with Crippen molar-refractivity contribution in [1.82, 2.24) is 0 Å². The predicted molar refractivity (Wildman–Crippen MR) is 104 cm³/mol. The molecule has 26 heavy (non-hydrogen) atoms. The lowest BCUT2D eigenvalue weighted by atomic mass is 9.75. The molecular formula is C22H36O4. The lowest BCUT2D eigenvalue weighted by Gasteiger charge is -2.34. The lowest BCUT2D eigenvalue weighted by molar-refractivity contribution is -0.142. The summed E-state index contributed by atoms with van der Waals surface area (Å²) in [5.74, 6) is -0.515. The van der Waals surface area contributed by atoms with Gasteiger partial charge in [-0.1, -0.05) is 23.3 Å². The van der Waals surface area contributed by atoms with Gasteiger partial charge in [-0.05, 0) is 84.5 Å². The Morgan fingerprint density at radius 1 is 1.23 bits per heavy atom. The van der Waals surface area contributed by atoms with Crippen molar-refractivity contribution in [3.63, 3.8) is 0 Å². The molecule has 2 aliphatic carbocycles. The Kier molecular flexibility index (Phi) is 7.23. The SMILES string of the molecule is CC(C)=CCCC(C)=CC1CC(CC2C(=O)C(O)CCC2O)C(C)(O)C1. The van der Waals surface area contributed by atoms with E-state index in [0.29, 0.717) is 31.6 Å². The van der Waals surface area contributed by atoms with Crippen LogP contribution in [0.25, 0.3) is 0 Å². The monoisotopic (exact) mass is 364 g/mol. The van der Waals surface area contributed by atoms with Crippen LogP contribution in [-0.4, -0.2) is 38.9 Å². The molecule has 0 bridgehead atoms. The number of aliphatic hydroxyl groups is 3. The molecule has 2 rings (SSSR count). The van der Waals surface area contributed by atoms with Crippen LogP contribution >= 0.6 is 0 Å². The molecule has 148 valence electrons. The standard InChI is InChI=1S/C22H36O4/c1-14(2)6-5-7-15(3)10-16-11-17(22(4,26)13-16)12-18-19(23)8-9-20(24)21(18)25/h6,10,16-20,23-24,26H,5,7-9,11-13H2,1-4H3. The zero-order chi connectivity index (χ0) is 19.5. The molecule has 0 aromatic rings. The van der Waals surface area contributed by atoms with Gasteiger partial charge in [0.15, 0.2) is 5.78 Å². The van der Waals surface area contributed by atoms with Crippen molar-refractivity contribution < 1.29 is 20.1 Å². The van der Waals surface area contributed by atoms with Gasteiger partial charge in [-0.25, -0.2) is 0 Å². The predicted octanol–water partition coefficient (Wildman–Crippen LogP) is 3.55. The van der Waals surface area contributed by atoms with Gasteiger partial charge in [0.1, 0.15) is 6.10 Å². The highest BCUT2D eigenvalue weighted by atomic mass is 16.3. The third-order valence-electron chi connectivity index (χ3n) is 6.19. The van der Waals surface area contributed by atoms with Crippen LogP contribution in [0.4, 0.5) is 0 Å². The van der Waals surface area contributed by atoms with Crippen LogP contribution in [-0.2, 0) is 4.79 Å². The van der Waals surface area contributed by atoms with Gasteiger partial charge in [0.2, 0.25) is 0 Å².